The van der Waals surface area contributed by atoms with Gasteiger partial charge in [-0.3, -0.25) is 4.98 Å². The standard InChI is InChI=1S/C17H18N2O2/c1-13(14-7-4-3-5-8-14)19-16(11-17(20)21-2)15-9-6-10-18-12-15/h3-13,19H,1-2H3/b16-11+/t13-/m0/s1. The van der Waals surface area contributed by atoms with Crippen molar-refractivity contribution in [2.45, 2.75) is 13.0 Å². The molecule has 4 heteroatoms. The Morgan fingerprint density at radius 1 is 1.24 bits per heavy atom. The minimum absolute atomic E-state index is 0.0577. The number of methoxy groups -OCH3 is 1. The van der Waals surface area contributed by atoms with Crippen LogP contribution >= 0.6 is 0 Å². The molecule has 1 atom stereocenters. The van der Waals surface area contributed by atoms with Crippen LogP contribution in [0, 0.1) is 0 Å². The fourth-order valence-corrected chi connectivity index (χ4v) is 1.97. The molecule has 0 aliphatic carbocycles. The third-order valence-corrected chi connectivity index (χ3v) is 3.11. The van der Waals surface area contributed by atoms with E-state index in [9.17, 15) is 4.79 Å². The molecule has 1 N–H and O–H groups in total. The van der Waals surface area contributed by atoms with E-state index < -0.39 is 5.97 Å². The first-order chi connectivity index (χ1) is 10.2. The Kier molecular flexibility index (Phi) is 5.10. The van der Waals surface area contributed by atoms with Crippen LogP contribution in [0.15, 0.2) is 60.9 Å². The van der Waals surface area contributed by atoms with Crippen LogP contribution in [0.1, 0.15) is 24.1 Å². The van der Waals surface area contributed by atoms with Crippen molar-refractivity contribution in [2.75, 3.05) is 7.11 Å². The van der Waals surface area contributed by atoms with E-state index in [1.807, 2.05) is 49.4 Å². The van der Waals surface area contributed by atoms with Crippen molar-refractivity contribution >= 4 is 11.7 Å². The highest BCUT2D eigenvalue weighted by atomic mass is 16.5. The van der Waals surface area contributed by atoms with Gasteiger partial charge in [0.2, 0.25) is 0 Å². The maximum atomic E-state index is 11.6. The molecule has 108 valence electrons. The topological polar surface area (TPSA) is 51.2 Å². The van der Waals surface area contributed by atoms with Crippen LogP contribution in [0.5, 0.6) is 0 Å². The molecule has 1 aromatic carbocycles. The van der Waals surface area contributed by atoms with Crippen molar-refractivity contribution in [2.24, 2.45) is 0 Å². The van der Waals surface area contributed by atoms with E-state index in [1.165, 1.54) is 13.2 Å². The molecule has 2 aromatic rings. The van der Waals surface area contributed by atoms with E-state index in [0.29, 0.717) is 5.70 Å². The van der Waals surface area contributed by atoms with Crippen LogP contribution in [-0.2, 0) is 9.53 Å². The second-order valence-electron chi connectivity index (χ2n) is 4.60. The van der Waals surface area contributed by atoms with Crippen LogP contribution in [0.4, 0.5) is 0 Å². The lowest BCUT2D eigenvalue weighted by Crippen LogP contribution is -2.18. The molecule has 0 bridgehead atoms. The van der Waals surface area contributed by atoms with Crippen molar-refractivity contribution in [1.82, 2.24) is 10.3 Å². The number of nitrogens with one attached hydrogen (secondary N) is 1. The number of rotatable bonds is 5. The van der Waals surface area contributed by atoms with Crippen LogP contribution in [0.3, 0.4) is 0 Å². The lowest BCUT2D eigenvalue weighted by atomic mass is 10.1. The number of aromatic nitrogens is 1. The third kappa shape index (κ3) is 4.18. The predicted octanol–water partition coefficient (Wildman–Crippen LogP) is 2.95. The number of nitrogens with zero attached hydrogens (tertiary/aromatic N) is 1. The molecule has 1 aromatic heterocycles. The highest BCUT2D eigenvalue weighted by Gasteiger charge is 2.10. The fourth-order valence-electron chi connectivity index (χ4n) is 1.97. The Labute approximate surface area is 124 Å². The number of esters is 1. The minimum atomic E-state index is -0.401. The summed E-state index contributed by atoms with van der Waals surface area (Å²) in [6.07, 6.45) is 4.84. The van der Waals surface area contributed by atoms with E-state index in [0.717, 1.165) is 11.1 Å². The van der Waals surface area contributed by atoms with E-state index in [-0.39, 0.29) is 6.04 Å². The van der Waals surface area contributed by atoms with Gasteiger partial charge in [-0.1, -0.05) is 30.3 Å². The molecule has 0 saturated carbocycles. The number of pyridine rings is 1. The smallest absolute Gasteiger partial charge is 0.332 e. The van der Waals surface area contributed by atoms with E-state index >= 15 is 0 Å². The zero-order valence-electron chi connectivity index (χ0n) is 12.1. The number of hydrogen-bond donors (Lipinski definition) is 1. The zero-order chi connectivity index (χ0) is 15.1. The van der Waals surface area contributed by atoms with Gasteiger partial charge < -0.3 is 10.1 Å². The molecule has 0 aliphatic heterocycles. The SMILES string of the molecule is COC(=O)/C=C(/N[C@@H](C)c1ccccc1)c1cccnc1. The van der Waals surface area contributed by atoms with Gasteiger partial charge in [0.25, 0.3) is 0 Å². The Morgan fingerprint density at radius 2 is 2.00 bits per heavy atom. The van der Waals surface area contributed by atoms with Crippen molar-refractivity contribution in [1.29, 1.82) is 0 Å². The average Bonchev–Trinajstić information content (AvgIpc) is 2.55. The van der Waals surface area contributed by atoms with Gasteiger partial charge in [-0.25, -0.2) is 4.79 Å². The van der Waals surface area contributed by atoms with E-state index in [2.05, 4.69) is 10.3 Å². The lowest BCUT2D eigenvalue weighted by molar-refractivity contribution is -0.134. The van der Waals surface area contributed by atoms with Gasteiger partial charge in [0.1, 0.15) is 0 Å². The largest absolute Gasteiger partial charge is 0.466 e. The highest BCUT2D eigenvalue weighted by molar-refractivity contribution is 5.90. The maximum Gasteiger partial charge on any atom is 0.332 e. The van der Waals surface area contributed by atoms with Crippen molar-refractivity contribution in [3.8, 4) is 0 Å². The van der Waals surface area contributed by atoms with Gasteiger partial charge in [-0.05, 0) is 24.6 Å². The number of carbonyl (C=O) groups excluding carboxylic acids is 1. The summed E-state index contributed by atoms with van der Waals surface area (Å²) in [6.45, 7) is 2.04. The number of carbonyl (C=O) groups is 1. The van der Waals surface area contributed by atoms with Crippen molar-refractivity contribution < 1.29 is 9.53 Å². The van der Waals surface area contributed by atoms with Gasteiger partial charge >= 0.3 is 5.97 Å². The van der Waals surface area contributed by atoms with Crippen LogP contribution in [0.2, 0.25) is 0 Å². The van der Waals surface area contributed by atoms with Gasteiger partial charge in [0, 0.05) is 30.1 Å². The molecule has 0 fully saturated rings. The van der Waals surface area contributed by atoms with Gasteiger partial charge in [-0.15, -0.1) is 0 Å². The van der Waals surface area contributed by atoms with Crippen molar-refractivity contribution in [3.05, 3.63) is 72.1 Å². The molecule has 0 amide bonds. The summed E-state index contributed by atoms with van der Waals surface area (Å²) < 4.78 is 4.71. The first kappa shape index (κ1) is 14.8. The maximum absolute atomic E-state index is 11.6. The molecule has 1 heterocycles. The average molecular weight is 282 g/mol. The molecular formula is C17H18N2O2. The summed E-state index contributed by atoms with van der Waals surface area (Å²) in [5.74, 6) is -0.401. The summed E-state index contributed by atoms with van der Waals surface area (Å²) in [7, 11) is 1.36. The zero-order valence-corrected chi connectivity index (χ0v) is 12.1. The predicted molar refractivity (Wildman–Crippen MR) is 82.2 cm³/mol. The molecule has 0 saturated heterocycles. The number of hydrogen-bond acceptors (Lipinski definition) is 4. The van der Waals surface area contributed by atoms with Crippen LogP contribution in [-0.4, -0.2) is 18.1 Å². The Bertz CT molecular complexity index is 609. The highest BCUT2D eigenvalue weighted by Crippen LogP contribution is 2.18. The van der Waals surface area contributed by atoms with E-state index in [1.54, 1.807) is 12.4 Å². The first-order valence-electron chi connectivity index (χ1n) is 6.72. The molecule has 2 rings (SSSR count). The van der Waals surface area contributed by atoms with Crippen LogP contribution < -0.4 is 5.32 Å². The summed E-state index contributed by atoms with van der Waals surface area (Å²) in [5, 5.41) is 3.34. The van der Waals surface area contributed by atoms with Gasteiger partial charge in [-0.2, -0.15) is 0 Å². The first-order valence-corrected chi connectivity index (χ1v) is 6.72. The summed E-state index contributed by atoms with van der Waals surface area (Å²) in [5.41, 5.74) is 2.66. The quantitative estimate of drug-likeness (QED) is 0.676. The third-order valence-electron chi connectivity index (χ3n) is 3.11. The number of ether oxygens (including phenoxy) is 1. The normalized spacial score (nSPS) is 12.6. The second-order valence-corrected chi connectivity index (χ2v) is 4.60. The summed E-state index contributed by atoms with van der Waals surface area (Å²) >= 11 is 0. The Hall–Kier alpha value is -2.62. The molecule has 0 unspecified atom stereocenters. The molecular weight excluding hydrogens is 264 g/mol. The fraction of sp³-hybridized carbons (Fsp3) is 0.176. The van der Waals surface area contributed by atoms with Gasteiger partial charge in [0.05, 0.1) is 12.8 Å². The summed E-state index contributed by atoms with van der Waals surface area (Å²) in [4.78, 5) is 15.6. The second kappa shape index (κ2) is 7.24. The molecule has 0 aliphatic rings. The number of benzene rings is 1. The van der Waals surface area contributed by atoms with Crippen molar-refractivity contribution in [3.63, 3.8) is 0 Å². The van der Waals surface area contributed by atoms with Crippen LogP contribution in [0.25, 0.3) is 5.70 Å². The minimum Gasteiger partial charge on any atom is -0.466 e. The van der Waals surface area contributed by atoms with Gasteiger partial charge in [0.15, 0.2) is 0 Å². The Balaban J connectivity index is 2.25. The lowest BCUT2D eigenvalue weighted by Gasteiger charge is -2.18. The van der Waals surface area contributed by atoms with E-state index in [4.69, 9.17) is 4.74 Å². The molecule has 4 nitrogen and oxygen atoms in total. The molecule has 0 spiro atoms. The molecule has 0 radical (unpaired) electrons. The monoisotopic (exact) mass is 282 g/mol. The molecule has 21 heavy (non-hydrogen) atoms. The summed E-state index contributed by atoms with van der Waals surface area (Å²) in [6, 6.07) is 13.8. The Morgan fingerprint density at radius 3 is 2.62 bits per heavy atom.